The van der Waals surface area contributed by atoms with Crippen LogP contribution in [0.15, 0.2) is 48.7 Å². The molecule has 0 saturated heterocycles. The molecule has 0 aliphatic heterocycles. The molecule has 25 heavy (non-hydrogen) atoms. The Morgan fingerprint density at radius 1 is 1.04 bits per heavy atom. The molecule has 2 N–H and O–H groups in total. The highest BCUT2D eigenvalue weighted by atomic mass is 35.5. The Morgan fingerprint density at radius 3 is 2.28 bits per heavy atom. The first kappa shape index (κ1) is 18.1. The molecule has 1 aromatic heterocycles. The summed E-state index contributed by atoms with van der Waals surface area (Å²) in [5, 5.41) is 3.64. The van der Waals surface area contributed by atoms with Gasteiger partial charge >= 0.3 is 0 Å². The molecule has 0 spiro atoms. The first-order valence-electron chi connectivity index (χ1n) is 7.14. The molecule has 2 aromatic carbocycles. The first-order chi connectivity index (χ1) is 12.0. The van der Waals surface area contributed by atoms with Gasteiger partial charge in [0.1, 0.15) is 5.82 Å². The molecule has 0 aliphatic rings. The van der Waals surface area contributed by atoms with E-state index in [1.54, 1.807) is 36.5 Å². The molecular weight excluding hydrogens is 404 g/mol. The van der Waals surface area contributed by atoms with Crippen molar-refractivity contribution in [3.8, 4) is 22.6 Å². The summed E-state index contributed by atoms with van der Waals surface area (Å²) in [6.07, 6.45) is 1.69. The van der Waals surface area contributed by atoms with Gasteiger partial charge in [-0.3, -0.25) is 4.79 Å². The Hall–Kier alpha value is -1.72. The smallest absolute Gasteiger partial charge is 0.257 e. The summed E-state index contributed by atoms with van der Waals surface area (Å²) in [5.41, 5.74) is 2.91. The summed E-state index contributed by atoms with van der Waals surface area (Å²) in [4.78, 5) is 17.9. The Labute approximate surface area is 164 Å². The number of rotatable bonds is 4. The van der Waals surface area contributed by atoms with Crippen LogP contribution in [0.1, 0.15) is 0 Å². The second-order valence-electron chi connectivity index (χ2n) is 5.11. The van der Waals surface area contributed by atoms with Crippen LogP contribution in [0.4, 0.5) is 5.69 Å². The van der Waals surface area contributed by atoms with Crippen LogP contribution in [0.5, 0.6) is 0 Å². The van der Waals surface area contributed by atoms with E-state index in [2.05, 4.69) is 15.3 Å². The van der Waals surface area contributed by atoms with Crippen LogP contribution in [0, 0.1) is 0 Å². The Balaban J connectivity index is 1.84. The van der Waals surface area contributed by atoms with E-state index in [0.29, 0.717) is 27.1 Å². The van der Waals surface area contributed by atoms with Gasteiger partial charge in [-0.2, -0.15) is 0 Å². The highest BCUT2D eigenvalue weighted by Crippen LogP contribution is 2.33. The summed E-state index contributed by atoms with van der Waals surface area (Å²) in [5.74, 6) is 0.100. The van der Waals surface area contributed by atoms with Gasteiger partial charge in [0.2, 0.25) is 0 Å². The van der Waals surface area contributed by atoms with E-state index in [9.17, 15) is 4.79 Å². The highest BCUT2D eigenvalue weighted by Gasteiger charge is 2.13. The highest BCUT2D eigenvalue weighted by molar-refractivity contribution is 6.54. The van der Waals surface area contributed by atoms with Crippen LogP contribution in [0.2, 0.25) is 10.0 Å². The van der Waals surface area contributed by atoms with Gasteiger partial charge in [-0.1, -0.05) is 64.6 Å². The predicted octanol–water partition coefficient (Wildman–Crippen LogP) is 5.79. The lowest BCUT2D eigenvalue weighted by atomic mass is 10.1. The van der Waals surface area contributed by atoms with Crippen molar-refractivity contribution in [2.24, 2.45) is 0 Å². The fourth-order valence-corrected chi connectivity index (χ4v) is 2.93. The van der Waals surface area contributed by atoms with E-state index in [4.69, 9.17) is 46.4 Å². The number of nitrogens with zero attached hydrogens (tertiary/aromatic N) is 1. The van der Waals surface area contributed by atoms with Crippen molar-refractivity contribution in [2.45, 2.75) is 4.84 Å². The van der Waals surface area contributed by atoms with Gasteiger partial charge in [0.15, 0.2) is 4.84 Å². The van der Waals surface area contributed by atoms with Crippen molar-refractivity contribution < 1.29 is 4.79 Å². The molecule has 0 bridgehead atoms. The first-order valence-corrected chi connectivity index (χ1v) is 8.77. The molecule has 0 atom stereocenters. The number of benzene rings is 2. The Bertz CT molecular complexity index is 886. The molecule has 1 amide bonds. The molecule has 0 saturated carbocycles. The van der Waals surface area contributed by atoms with Gasteiger partial charge in [0, 0.05) is 5.69 Å². The van der Waals surface area contributed by atoms with E-state index in [0.717, 1.165) is 11.3 Å². The van der Waals surface area contributed by atoms with Gasteiger partial charge in [-0.15, -0.1) is 0 Å². The van der Waals surface area contributed by atoms with E-state index in [1.807, 2.05) is 12.1 Å². The molecule has 1 heterocycles. The number of alkyl halides is 2. The summed E-state index contributed by atoms with van der Waals surface area (Å²) in [6, 6.07) is 12.4. The van der Waals surface area contributed by atoms with Crippen molar-refractivity contribution in [3.63, 3.8) is 0 Å². The SMILES string of the molecule is O=C(Nc1ccc(-c2cnc(-c3c(Cl)cccc3Cl)[nH]2)cc1)C(Cl)Cl. The zero-order valence-electron chi connectivity index (χ0n) is 12.6. The minimum Gasteiger partial charge on any atom is -0.338 e. The van der Waals surface area contributed by atoms with Crippen LogP contribution in [0.3, 0.4) is 0 Å². The largest absolute Gasteiger partial charge is 0.338 e. The van der Waals surface area contributed by atoms with Gasteiger partial charge in [0.05, 0.1) is 27.5 Å². The molecule has 0 fully saturated rings. The number of hydrogen-bond donors (Lipinski definition) is 2. The van der Waals surface area contributed by atoms with E-state index < -0.39 is 10.7 Å². The van der Waals surface area contributed by atoms with Crippen molar-refractivity contribution >= 4 is 58.0 Å². The van der Waals surface area contributed by atoms with E-state index in [-0.39, 0.29) is 0 Å². The number of halogens is 4. The second kappa shape index (κ2) is 7.67. The third-order valence-corrected chi connectivity index (χ3v) is 4.46. The van der Waals surface area contributed by atoms with Crippen LogP contribution < -0.4 is 5.32 Å². The molecule has 0 unspecified atom stereocenters. The van der Waals surface area contributed by atoms with Gasteiger partial charge in [-0.05, 0) is 29.8 Å². The van der Waals surface area contributed by atoms with Crippen molar-refractivity contribution in [2.75, 3.05) is 5.32 Å². The van der Waals surface area contributed by atoms with Gasteiger partial charge < -0.3 is 10.3 Å². The lowest BCUT2D eigenvalue weighted by Gasteiger charge is -2.06. The molecule has 4 nitrogen and oxygen atoms in total. The zero-order chi connectivity index (χ0) is 18.0. The Kier molecular flexibility index (Phi) is 5.54. The average Bonchev–Trinajstić information content (AvgIpc) is 3.05. The van der Waals surface area contributed by atoms with Crippen molar-refractivity contribution in [1.29, 1.82) is 0 Å². The number of nitrogens with one attached hydrogen (secondary N) is 2. The Morgan fingerprint density at radius 2 is 1.68 bits per heavy atom. The van der Waals surface area contributed by atoms with E-state index >= 15 is 0 Å². The molecule has 3 aromatic rings. The topological polar surface area (TPSA) is 57.8 Å². The van der Waals surface area contributed by atoms with Crippen molar-refractivity contribution in [3.05, 3.63) is 58.7 Å². The van der Waals surface area contributed by atoms with Crippen LogP contribution in [0.25, 0.3) is 22.6 Å². The fourth-order valence-electron chi connectivity index (χ4n) is 2.25. The quantitative estimate of drug-likeness (QED) is 0.530. The molecular formula is C17H11Cl4N3O. The number of aromatic amines is 1. The molecule has 128 valence electrons. The van der Waals surface area contributed by atoms with Gasteiger partial charge in [-0.25, -0.2) is 4.98 Å². The minimum atomic E-state index is -1.12. The maximum absolute atomic E-state index is 11.5. The monoisotopic (exact) mass is 413 g/mol. The number of aromatic nitrogens is 2. The summed E-state index contributed by atoms with van der Waals surface area (Å²) >= 11 is 23.4. The van der Waals surface area contributed by atoms with Crippen LogP contribution in [-0.4, -0.2) is 20.7 Å². The van der Waals surface area contributed by atoms with Gasteiger partial charge in [0.25, 0.3) is 5.91 Å². The number of H-pyrrole nitrogens is 1. The summed E-state index contributed by atoms with van der Waals surface area (Å²) in [6.45, 7) is 0. The molecule has 0 radical (unpaired) electrons. The lowest BCUT2D eigenvalue weighted by molar-refractivity contribution is -0.114. The number of imidazole rings is 1. The molecule has 0 aliphatic carbocycles. The van der Waals surface area contributed by atoms with Crippen LogP contribution in [-0.2, 0) is 4.79 Å². The number of amides is 1. The van der Waals surface area contributed by atoms with Crippen LogP contribution >= 0.6 is 46.4 Å². The standard InChI is InChI=1S/C17H11Cl4N3O/c18-11-2-1-3-12(19)14(11)16-22-8-13(24-16)9-4-6-10(7-5-9)23-17(25)15(20)21/h1-8,15H,(H,22,24)(H,23,25). The number of hydrogen-bond acceptors (Lipinski definition) is 2. The number of carbonyl (C=O) groups is 1. The lowest BCUT2D eigenvalue weighted by Crippen LogP contribution is -2.18. The third-order valence-electron chi connectivity index (χ3n) is 3.44. The summed E-state index contributed by atoms with van der Waals surface area (Å²) in [7, 11) is 0. The average molecular weight is 415 g/mol. The summed E-state index contributed by atoms with van der Waals surface area (Å²) < 4.78 is 0. The maximum Gasteiger partial charge on any atom is 0.257 e. The minimum absolute atomic E-state index is 0.478. The number of carbonyl (C=O) groups excluding carboxylic acids is 1. The molecule has 3 rings (SSSR count). The predicted molar refractivity (Wildman–Crippen MR) is 104 cm³/mol. The normalized spacial score (nSPS) is 10.9. The molecule has 8 heteroatoms. The second-order valence-corrected chi connectivity index (χ2v) is 7.02. The fraction of sp³-hybridized carbons (Fsp3) is 0.0588. The third kappa shape index (κ3) is 4.10. The number of anilines is 1. The zero-order valence-corrected chi connectivity index (χ0v) is 15.6. The van der Waals surface area contributed by atoms with E-state index in [1.165, 1.54) is 0 Å². The van der Waals surface area contributed by atoms with Crippen molar-refractivity contribution in [1.82, 2.24) is 9.97 Å². The maximum atomic E-state index is 11.5.